The summed E-state index contributed by atoms with van der Waals surface area (Å²) < 4.78 is 24.6. The summed E-state index contributed by atoms with van der Waals surface area (Å²) in [6, 6.07) is 1.10. The summed E-state index contributed by atoms with van der Waals surface area (Å²) in [5, 5.41) is 0. The van der Waals surface area contributed by atoms with Crippen LogP contribution in [-0.4, -0.2) is 11.3 Å². The van der Waals surface area contributed by atoms with Gasteiger partial charge >= 0.3 is 0 Å². The maximum Gasteiger partial charge on any atom is 0.280 e. The van der Waals surface area contributed by atoms with E-state index in [4.69, 9.17) is 0 Å². The van der Waals surface area contributed by atoms with E-state index < -0.39 is 6.43 Å². The Labute approximate surface area is 81.1 Å². The van der Waals surface area contributed by atoms with Crippen molar-refractivity contribution in [3.8, 4) is 0 Å². The number of nitrogens with zero attached hydrogens (tertiary/aromatic N) is 1. The first-order valence-corrected chi connectivity index (χ1v) is 4.12. The minimum atomic E-state index is -2.62. The summed E-state index contributed by atoms with van der Waals surface area (Å²) in [5.74, 6) is 0. The van der Waals surface area contributed by atoms with Crippen molar-refractivity contribution in [2.24, 2.45) is 0 Å². The van der Waals surface area contributed by atoms with Gasteiger partial charge in [-0.15, -0.1) is 0 Å². The fourth-order valence-corrected chi connectivity index (χ4v) is 1.10. The van der Waals surface area contributed by atoms with Crippen molar-refractivity contribution in [1.82, 2.24) is 4.98 Å². The molecule has 1 heterocycles. The van der Waals surface area contributed by atoms with Gasteiger partial charge in [0.25, 0.3) is 6.43 Å². The Morgan fingerprint density at radius 2 is 2.25 bits per heavy atom. The number of aromatic nitrogens is 1. The third-order valence-electron chi connectivity index (χ3n) is 1.26. The smallest absolute Gasteiger partial charge is 0.280 e. The van der Waals surface area contributed by atoms with Gasteiger partial charge < -0.3 is 0 Å². The van der Waals surface area contributed by atoms with Gasteiger partial charge in [-0.2, -0.15) is 0 Å². The zero-order valence-electron chi connectivity index (χ0n) is 5.80. The monoisotopic (exact) mass is 283 g/mol. The zero-order chi connectivity index (χ0) is 9.14. The lowest BCUT2D eigenvalue weighted by atomic mass is 10.2. The number of pyridine rings is 1. The van der Waals surface area contributed by atoms with Crippen molar-refractivity contribution < 1.29 is 13.6 Å². The van der Waals surface area contributed by atoms with Gasteiger partial charge in [0.15, 0.2) is 6.29 Å². The number of alkyl halides is 2. The summed E-state index contributed by atoms with van der Waals surface area (Å²) in [5.41, 5.74) is -0.113. The lowest BCUT2D eigenvalue weighted by Gasteiger charge is -2.00. The zero-order valence-corrected chi connectivity index (χ0v) is 7.96. The number of hydrogen-bond donors (Lipinski definition) is 0. The predicted octanol–water partition coefficient (Wildman–Crippen LogP) is 2.44. The van der Waals surface area contributed by atoms with Crippen LogP contribution in [0, 0.1) is 3.57 Å². The van der Waals surface area contributed by atoms with Crippen LogP contribution in [0.1, 0.15) is 22.5 Å². The van der Waals surface area contributed by atoms with E-state index in [1.54, 1.807) is 0 Å². The van der Waals surface area contributed by atoms with Crippen molar-refractivity contribution in [1.29, 1.82) is 0 Å². The molecule has 2 nitrogen and oxygen atoms in total. The molecule has 0 atom stereocenters. The summed E-state index contributed by atoms with van der Waals surface area (Å²) in [4.78, 5) is 13.8. The van der Waals surface area contributed by atoms with E-state index in [9.17, 15) is 13.6 Å². The minimum Gasteiger partial charge on any atom is -0.298 e. The van der Waals surface area contributed by atoms with Crippen LogP contribution in [0.25, 0.3) is 0 Å². The van der Waals surface area contributed by atoms with E-state index in [0.29, 0.717) is 9.86 Å². The molecule has 0 fully saturated rings. The molecule has 0 amide bonds. The maximum atomic E-state index is 12.0. The van der Waals surface area contributed by atoms with Gasteiger partial charge in [-0.05, 0) is 28.7 Å². The van der Waals surface area contributed by atoms with Gasteiger partial charge in [-0.25, -0.2) is 8.78 Å². The molecule has 0 saturated carbocycles. The molecule has 1 aromatic rings. The molecule has 0 radical (unpaired) electrons. The number of carbonyl (C=O) groups is 1. The second kappa shape index (κ2) is 3.88. The van der Waals surface area contributed by atoms with Crippen LogP contribution in [0.5, 0.6) is 0 Å². The topological polar surface area (TPSA) is 30.0 Å². The first kappa shape index (κ1) is 9.50. The van der Waals surface area contributed by atoms with Crippen LogP contribution in [-0.2, 0) is 0 Å². The van der Waals surface area contributed by atoms with E-state index >= 15 is 0 Å². The summed E-state index contributed by atoms with van der Waals surface area (Å²) in [6.45, 7) is 0. The summed E-state index contributed by atoms with van der Waals surface area (Å²) in [7, 11) is 0. The maximum absolute atomic E-state index is 12.0. The summed E-state index contributed by atoms with van der Waals surface area (Å²) >= 11 is 1.86. The fourth-order valence-electron chi connectivity index (χ4n) is 0.681. The Morgan fingerprint density at radius 1 is 1.58 bits per heavy atom. The van der Waals surface area contributed by atoms with E-state index in [1.165, 1.54) is 6.20 Å². The van der Waals surface area contributed by atoms with Gasteiger partial charge in [0.05, 0.1) is 0 Å². The van der Waals surface area contributed by atoms with Gasteiger partial charge in [0, 0.05) is 15.3 Å². The van der Waals surface area contributed by atoms with E-state index in [1.807, 2.05) is 22.6 Å². The number of carbonyl (C=O) groups excluding carboxylic acids is 1. The number of rotatable bonds is 2. The van der Waals surface area contributed by atoms with Crippen molar-refractivity contribution >= 4 is 28.9 Å². The van der Waals surface area contributed by atoms with E-state index in [2.05, 4.69) is 4.98 Å². The van der Waals surface area contributed by atoms with Crippen LogP contribution in [0.15, 0.2) is 12.3 Å². The first-order chi connectivity index (χ1) is 5.65. The molecule has 0 saturated heterocycles. The molecule has 0 spiro atoms. The molecular weight excluding hydrogens is 279 g/mol. The van der Waals surface area contributed by atoms with Crippen LogP contribution >= 0.6 is 22.6 Å². The first-order valence-electron chi connectivity index (χ1n) is 3.04. The highest BCUT2D eigenvalue weighted by Gasteiger charge is 2.10. The van der Waals surface area contributed by atoms with Crippen LogP contribution in [0.2, 0.25) is 0 Å². The molecule has 0 N–H and O–H groups in total. The Bertz CT molecular complexity index is 303. The molecule has 0 aliphatic heterocycles. The van der Waals surface area contributed by atoms with Crippen molar-refractivity contribution in [3.63, 3.8) is 0 Å². The van der Waals surface area contributed by atoms with E-state index in [-0.39, 0.29) is 11.3 Å². The second-order valence-corrected chi connectivity index (χ2v) is 3.21. The molecule has 0 aliphatic rings. The molecule has 1 aromatic heterocycles. The lowest BCUT2D eigenvalue weighted by molar-refractivity contribution is 0.112. The molecule has 12 heavy (non-hydrogen) atoms. The normalized spacial score (nSPS) is 10.3. The molecule has 1 rings (SSSR count). The summed E-state index contributed by atoms with van der Waals surface area (Å²) in [6.07, 6.45) is -0.832. The Balaban J connectivity index is 3.13. The minimum absolute atomic E-state index is 0.251. The highest BCUT2D eigenvalue weighted by atomic mass is 127. The second-order valence-electron chi connectivity index (χ2n) is 2.05. The van der Waals surface area contributed by atoms with Crippen LogP contribution < -0.4 is 0 Å². The van der Waals surface area contributed by atoms with Gasteiger partial charge in [0.1, 0.15) is 5.69 Å². The molecule has 0 bridgehead atoms. The largest absolute Gasteiger partial charge is 0.298 e. The Hall–Kier alpha value is -0.590. The van der Waals surface area contributed by atoms with Crippen molar-refractivity contribution in [3.05, 3.63) is 27.1 Å². The third kappa shape index (κ3) is 1.96. The number of hydrogen-bond acceptors (Lipinski definition) is 2. The third-order valence-corrected chi connectivity index (χ3v) is 2.16. The van der Waals surface area contributed by atoms with Gasteiger partial charge in [-0.3, -0.25) is 9.78 Å². The Kier molecular flexibility index (Phi) is 3.07. The number of aldehydes is 1. The molecule has 0 aromatic carbocycles. The molecule has 64 valence electrons. The Morgan fingerprint density at radius 3 is 2.75 bits per heavy atom. The SMILES string of the molecule is O=Cc1cc(C(F)F)ncc1I. The predicted molar refractivity (Wildman–Crippen MR) is 47.3 cm³/mol. The van der Waals surface area contributed by atoms with Crippen LogP contribution in [0.4, 0.5) is 8.78 Å². The highest BCUT2D eigenvalue weighted by molar-refractivity contribution is 14.1. The van der Waals surface area contributed by atoms with Gasteiger partial charge in [0.2, 0.25) is 0 Å². The standard InChI is InChI=1S/C7H4F2INO/c8-7(9)6-1-4(3-12)5(10)2-11-6/h1-3,7H. The molecule has 5 heteroatoms. The molecular formula is C7H4F2INO. The average molecular weight is 283 g/mol. The van der Waals surface area contributed by atoms with Crippen molar-refractivity contribution in [2.45, 2.75) is 6.43 Å². The van der Waals surface area contributed by atoms with Crippen molar-refractivity contribution in [2.75, 3.05) is 0 Å². The molecule has 0 unspecified atom stereocenters. The van der Waals surface area contributed by atoms with Gasteiger partial charge in [-0.1, -0.05) is 0 Å². The highest BCUT2D eigenvalue weighted by Crippen LogP contribution is 2.18. The van der Waals surface area contributed by atoms with Crippen LogP contribution in [0.3, 0.4) is 0 Å². The van der Waals surface area contributed by atoms with E-state index in [0.717, 1.165) is 6.07 Å². The quantitative estimate of drug-likeness (QED) is 0.616. The lowest BCUT2D eigenvalue weighted by Crippen LogP contribution is -1.94. The molecule has 0 aliphatic carbocycles. The number of halogens is 3. The average Bonchev–Trinajstić information content (AvgIpc) is 2.05. The fraction of sp³-hybridized carbons (Fsp3) is 0.143.